The van der Waals surface area contributed by atoms with Gasteiger partial charge in [0.25, 0.3) is 0 Å². The summed E-state index contributed by atoms with van der Waals surface area (Å²) in [4.78, 5) is 8.32. The molecule has 1 aliphatic carbocycles. The van der Waals surface area contributed by atoms with Crippen LogP contribution in [0.2, 0.25) is 0 Å². The first-order valence-corrected chi connectivity index (χ1v) is 6.10. The van der Waals surface area contributed by atoms with Gasteiger partial charge in [-0.25, -0.2) is 9.97 Å². The van der Waals surface area contributed by atoms with Crippen LogP contribution in [-0.2, 0) is 4.74 Å². The SMILES string of the molecule is CNc1ncnc(NCC2(OC)CCC2)c1OC. The summed E-state index contributed by atoms with van der Waals surface area (Å²) in [5.74, 6) is 2.00. The molecule has 100 valence electrons. The third-order valence-corrected chi connectivity index (χ3v) is 3.52. The molecule has 1 saturated carbocycles. The minimum absolute atomic E-state index is 0.0459. The summed E-state index contributed by atoms with van der Waals surface area (Å²) in [5.41, 5.74) is -0.0459. The highest BCUT2D eigenvalue weighted by molar-refractivity contribution is 5.63. The van der Waals surface area contributed by atoms with E-state index < -0.39 is 0 Å². The number of rotatable bonds is 6. The highest BCUT2D eigenvalue weighted by Gasteiger charge is 2.37. The molecule has 1 heterocycles. The Bertz CT molecular complexity index is 402. The van der Waals surface area contributed by atoms with E-state index >= 15 is 0 Å². The van der Waals surface area contributed by atoms with Gasteiger partial charge >= 0.3 is 0 Å². The monoisotopic (exact) mass is 252 g/mol. The van der Waals surface area contributed by atoms with Crippen LogP contribution in [0.4, 0.5) is 11.6 Å². The van der Waals surface area contributed by atoms with Gasteiger partial charge < -0.3 is 20.1 Å². The lowest BCUT2D eigenvalue weighted by Gasteiger charge is -2.40. The Hall–Kier alpha value is -1.56. The van der Waals surface area contributed by atoms with Crippen LogP contribution >= 0.6 is 0 Å². The first-order chi connectivity index (χ1) is 8.74. The van der Waals surface area contributed by atoms with E-state index in [1.54, 1.807) is 21.3 Å². The fourth-order valence-electron chi connectivity index (χ4n) is 2.14. The van der Waals surface area contributed by atoms with Gasteiger partial charge in [-0.2, -0.15) is 0 Å². The van der Waals surface area contributed by atoms with Gasteiger partial charge in [0.05, 0.1) is 12.7 Å². The smallest absolute Gasteiger partial charge is 0.204 e. The van der Waals surface area contributed by atoms with E-state index in [9.17, 15) is 0 Å². The first kappa shape index (κ1) is 12.9. The lowest BCUT2D eigenvalue weighted by Crippen LogP contribution is -2.45. The topological polar surface area (TPSA) is 68.3 Å². The molecule has 0 amide bonds. The van der Waals surface area contributed by atoms with Crippen LogP contribution in [0.3, 0.4) is 0 Å². The molecule has 1 aromatic rings. The third kappa shape index (κ3) is 2.33. The number of hydrogen-bond donors (Lipinski definition) is 2. The van der Waals surface area contributed by atoms with Crippen LogP contribution in [0, 0.1) is 0 Å². The van der Waals surface area contributed by atoms with Gasteiger partial charge in [0.15, 0.2) is 11.6 Å². The fourth-order valence-corrected chi connectivity index (χ4v) is 2.14. The minimum atomic E-state index is -0.0459. The maximum Gasteiger partial charge on any atom is 0.204 e. The summed E-state index contributed by atoms with van der Waals surface area (Å²) in [5, 5.41) is 6.27. The molecule has 0 aliphatic heterocycles. The lowest BCUT2D eigenvalue weighted by molar-refractivity contribution is -0.0601. The first-order valence-electron chi connectivity index (χ1n) is 6.10. The van der Waals surface area contributed by atoms with Crippen molar-refractivity contribution in [2.45, 2.75) is 24.9 Å². The summed E-state index contributed by atoms with van der Waals surface area (Å²) in [6.07, 6.45) is 4.90. The molecule has 1 fully saturated rings. The van der Waals surface area contributed by atoms with Crippen molar-refractivity contribution in [3.05, 3.63) is 6.33 Å². The van der Waals surface area contributed by atoms with E-state index in [2.05, 4.69) is 20.6 Å². The molecule has 0 atom stereocenters. The van der Waals surface area contributed by atoms with Crippen LogP contribution in [-0.4, -0.2) is 43.4 Å². The summed E-state index contributed by atoms with van der Waals surface area (Å²) < 4.78 is 10.9. The molecule has 1 aromatic heterocycles. The van der Waals surface area contributed by atoms with E-state index in [0.29, 0.717) is 17.4 Å². The predicted octanol–water partition coefficient (Wildman–Crippen LogP) is 1.51. The molecule has 0 bridgehead atoms. The zero-order chi connectivity index (χ0) is 13.0. The molecular weight excluding hydrogens is 232 g/mol. The van der Waals surface area contributed by atoms with Crippen molar-refractivity contribution in [3.63, 3.8) is 0 Å². The summed E-state index contributed by atoms with van der Waals surface area (Å²) >= 11 is 0. The molecule has 0 saturated heterocycles. The van der Waals surface area contributed by atoms with E-state index in [1.807, 2.05) is 0 Å². The second-order valence-electron chi connectivity index (χ2n) is 4.45. The Balaban J connectivity index is 2.09. The van der Waals surface area contributed by atoms with Crippen LogP contribution in [0.5, 0.6) is 5.75 Å². The molecule has 18 heavy (non-hydrogen) atoms. The lowest BCUT2D eigenvalue weighted by atomic mass is 9.80. The van der Waals surface area contributed by atoms with Crippen molar-refractivity contribution >= 4 is 11.6 Å². The average molecular weight is 252 g/mol. The number of hydrogen-bond acceptors (Lipinski definition) is 6. The maximum atomic E-state index is 5.56. The van der Waals surface area contributed by atoms with Gasteiger partial charge in [-0.05, 0) is 19.3 Å². The molecule has 2 N–H and O–H groups in total. The molecule has 1 aliphatic rings. The predicted molar refractivity (Wildman–Crippen MR) is 70.2 cm³/mol. The zero-order valence-electron chi connectivity index (χ0n) is 11.1. The number of nitrogens with zero attached hydrogens (tertiary/aromatic N) is 2. The second kappa shape index (κ2) is 5.39. The quantitative estimate of drug-likeness (QED) is 0.800. The number of aromatic nitrogens is 2. The van der Waals surface area contributed by atoms with Crippen molar-refractivity contribution in [2.24, 2.45) is 0 Å². The number of methoxy groups -OCH3 is 2. The Morgan fingerprint density at radius 2 is 2.00 bits per heavy atom. The summed E-state index contributed by atoms with van der Waals surface area (Å²) in [7, 11) is 5.18. The fraction of sp³-hybridized carbons (Fsp3) is 0.667. The third-order valence-electron chi connectivity index (χ3n) is 3.52. The van der Waals surface area contributed by atoms with Crippen molar-refractivity contribution in [1.29, 1.82) is 0 Å². The highest BCUT2D eigenvalue weighted by Crippen LogP contribution is 2.36. The van der Waals surface area contributed by atoms with Gasteiger partial charge in [-0.15, -0.1) is 0 Å². The van der Waals surface area contributed by atoms with E-state index in [1.165, 1.54) is 12.7 Å². The second-order valence-corrected chi connectivity index (χ2v) is 4.45. The molecule has 6 heteroatoms. The van der Waals surface area contributed by atoms with Gasteiger partial charge in [0.2, 0.25) is 5.75 Å². The van der Waals surface area contributed by atoms with Crippen LogP contribution < -0.4 is 15.4 Å². The van der Waals surface area contributed by atoms with E-state index in [-0.39, 0.29) is 5.60 Å². The summed E-state index contributed by atoms with van der Waals surface area (Å²) in [6, 6.07) is 0. The van der Waals surface area contributed by atoms with Crippen LogP contribution in [0.1, 0.15) is 19.3 Å². The Kier molecular flexibility index (Phi) is 3.86. The standard InChI is InChI=1S/C12H20N4O2/c1-13-10-9(17-2)11(16-8-15-10)14-7-12(18-3)5-4-6-12/h8H,4-7H2,1-3H3,(H2,13,14,15,16). The largest absolute Gasteiger partial charge is 0.490 e. The average Bonchev–Trinajstić information content (AvgIpc) is 2.37. The molecule has 0 spiro atoms. The number of ether oxygens (including phenoxy) is 2. The van der Waals surface area contributed by atoms with Gasteiger partial charge in [0.1, 0.15) is 6.33 Å². The minimum Gasteiger partial charge on any atom is -0.490 e. The van der Waals surface area contributed by atoms with E-state index in [0.717, 1.165) is 19.4 Å². The zero-order valence-corrected chi connectivity index (χ0v) is 11.1. The molecule has 0 radical (unpaired) electrons. The van der Waals surface area contributed by atoms with Crippen LogP contribution in [0.25, 0.3) is 0 Å². The van der Waals surface area contributed by atoms with Crippen molar-refractivity contribution in [3.8, 4) is 5.75 Å². The van der Waals surface area contributed by atoms with E-state index in [4.69, 9.17) is 9.47 Å². The van der Waals surface area contributed by atoms with Crippen molar-refractivity contribution < 1.29 is 9.47 Å². The van der Waals surface area contributed by atoms with Gasteiger partial charge in [0, 0.05) is 20.7 Å². The normalized spacial score (nSPS) is 16.8. The Labute approximate surface area is 107 Å². The van der Waals surface area contributed by atoms with Crippen LogP contribution in [0.15, 0.2) is 6.33 Å². The number of nitrogens with one attached hydrogen (secondary N) is 2. The molecule has 2 rings (SSSR count). The van der Waals surface area contributed by atoms with Crippen molar-refractivity contribution in [1.82, 2.24) is 9.97 Å². The molecular formula is C12H20N4O2. The van der Waals surface area contributed by atoms with Gasteiger partial charge in [-0.3, -0.25) is 0 Å². The highest BCUT2D eigenvalue weighted by atomic mass is 16.5. The summed E-state index contributed by atoms with van der Waals surface area (Å²) in [6.45, 7) is 0.736. The molecule has 0 aromatic carbocycles. The maximum absolute atomic E-state index is 5.56. The number of anilines is 2. The van der Waals surface area contributed by atoms with Gasteiger partial charge in [-0.1, -0.05) is 0 Å². The Morgan fingerprint density at radius 1 is 1.28 bits per heavy atom. The Morgan fingerprint density at radius 3 is 2.50 bits per heavy atom. The molecule has 6 nitrogen and oxygen atoms in total. The molecule has 0 unspecified atom stereocenters. The van der Waals surface area contributed by atoms with Crippen molar-refractivity contribution in [2.75, 3.05) is 38.4 Å².